The van der Waals surface area contributed by atoms with Crippen LogP contribution in [0.1, 0.15) is 19.3 Å². The number of hydrogen-bond acceptors (Lipinski definition) is 5. The maximum atomic E-state index is 12.4. The molecule has 0 unspecified atom stereocenters. The molecule has 0 aliphatic carbocycles. The van der Waals surface area contributed by atoms with Crippen molar-refractivity contribution in [2.75, 3.05) is 25.1 Å². The summed E-state index contributed by atoms with van der Waals surface area (Å²) in [5, 5.41) is 15.4. The smallest absolute Gasteiger partial charge is 0.227 e. The highest BCUT2D eigenvalue weighted by atomic mass is 16.5. The van der Waals surface area contributed by atoms with E-state index >= 15 is 0 Å². The highest BCUT2D eigenvalue weighted by Crippen LogP contribution is 2.19. The lowest BCUT2D eigenvalue weighted by molar-refractivity contribution is -0.131. The van der Waals surface area contributed by atoms with Crippen LogP contribution in [0.3, 0.4) is 0 Å². The molecule has 2 aliphatic rings. The third-order valence-corrected chi connectivity index (χ3v) is 4.81. The van der Waals surface area contributed by atoms with Gasteiger partial charge in [-0.15, -0.1) is 0 Å². The summed E-state index contributed by atoms with van der Waals surface area (Å²) in [4.78, 5) is 24.6. The van der Waals surface area contributed by atoms with E-state index in [0.29, 0.717) is 26.1 Å². The molecule has 3 rings (SSSR count). The van der Waals surface area contributed by atoms with E-state index in [-0.39, 0.29) is 30.8 Å². The van der Waals surface area contributed by atoms with Gasteiger partial charge in [0.05, 0.1) is 25.2 Å². The number of hydrogen-bond donors (Lipinski definition) is 3. The first-order chi connectivity index (χ1) is 13.2. The normalized spacial score (nSPS) is 25.7. The average molecular weight is 374 g/mol. The highest BCUT2D eigenvalue weighted by molar-refractivity contribution is 5.91. The molecule has 2 heterocycles. The van der Waals surface area contributed by atoms with Crippen molar-refractivity contribution >= 4 is 17.5 Å². The fraction of sp³-hybridized carbons (Fsp3) is 0.500. The first-order valence-electron chi connectivity index (χ1n) is 9.33. The topological polar surface area (TPSA) is 96.9 Å². The van der Waals surface area contributed by atoms with Gasteiger partial charge in [0.1, 0.15) is 6.10 Å². The third kappa shape index (κ3) is 5.63. The monoisotopic (exact) mass is 374 g/mol. The van der Waals surface area contributed by atoms with Crippen LogP contribution in [-0.4, -0.2) is 55.0 Å². The van der Waals surface area contributed by atoms with E-state index in [1.807, 2.05) is 36.4 Å². The highest BCUT2D eigenvalue weighted by Gasteiger charge is 2.31. The van der Waals surface area contributed by atoms with Crippen molar-refractivity contribution in [3.05, 3.63) is 42.5 Å². The molecule has 0 spiro atoms. The van der Waals surface area contributed by atoms with Crippen LogP contribution in [0.5, 0.6) is 0 Å². The summed E-state index contributed by atoms with van der Waals surface area (Å²) in [5.74, 6) is -0.284. The summed E-state index contributed by atoms with van der Waals surface area (Å²) >= 11 is 0. The van der Waals surface area contributed by atoms with Gasteiger partial charge in [0.2, 0.25) is 11.8 Å². The van der Waals surface area contributed by atoms with E-state index < -0.39 is 18.2 Å². The molecule has 0 radical (unpaired) electrons. The zero-order valence-electron chi connectivity index (χ0n) is 15.2. The minimum absolute atomic E-state index is 0.0460. The third-order valence-electron chi connectivity index (χ3n) is 4.81. The number of para-hydroxylation sites is 1. The van der Waals surface area contributed by atoms with Gasteiger partial charge < -0.3 is 25.2 Å². The van der Waals surface area contributed by atoms with Gasteiger partial charge in [-0.1, -0.05) is 30.4 Å². The lowest BCUT2D eigenvalue weighted by atomic mass is 9.97. The fourth-order valence-corrected chi connectivity index (χ4v) is 3.29. The van der Waals surface area contributed by atoms with Gasteiger partial charge in [0, 0.05) is 24.8 Å². The van der Waals surface area contributed by atoms with Crippen molar-refractivity contribution in [1.82, 2.24) is 5.32 Å². The standard InChI is InChI=1S/C20H26N2O5/c23-13-18-17(22-20(25)14-8-10-26-11-9-14)7-6-16(27-18)12-19(24)21-15-4-2-1-3-5-15/h1-7,14,16-18,23H,8-13H2,(H,21,24)(H,22,25)/t16-,17+,18+/m0/s1. The predicted octanol–water partition coefficient (Wildman–Crippen LogP) is 1.24. The van der Waals surface area contributed by atoms with Crippen molar-refractivity contribution in [2.45, 2.75) is 37.5 Å². The van der Waals surface area contributed by atoms with E-state index in [1.165, 1.54) is 0 Å². The number of amides is 2. The first-order valence-corrected chi connectivity index (χ1v) is 9.33. The molecule has 2 aliphatic heterocycles. The molecule has 1 aromatic rings. The van der Waals surface area contributed by atoms with E-state index in [2.05, 4.69) is 10.6 Å². The number of carbonyl (C=O) groups excluding carboxylic acids is 2. The minimum Gasteiger partial charge on any atom is -0.394 e. The van der Waals surface area contributed by atoms with Crippen molar-refractivity contribution in [1.29, 1.82) is 0 Å². The number of anilines is 1. The summed E-state index contributed by atoms with van der Waals surface area (Å²) in [7, 11) is 0. The molecule has 0 bridgehead atoms. The SMILES string of the molecule is O=C(C[C@@H]1C=C[C@@H](NC(=O)C2CCOCC2)[C@@H](CO)O1)Nc1ccccc1. The maximum Gasteiger partial charge on any atom is 0.227 e. The van der Waals surface area contributed by atoms with Crippen molar-refractivity contribution in [2.24, 2.45) is 5.92 Å². The van der Waals surface area contributed by atoms with Crippen LogP contribution in [0.15, 0.2) is 42.5 Å². The molecular weight excluding hydrogens is 348 g/mol. The zero-order chi connectivity index (χ0) is 19.1. The summed E-state index contributed by atoms with van der Waals surface area (Å²) < 4.78 is 11.1. The second kappa shape index (κ2) is 9.64. The van der Waals surface area contributed by atoms with Crippen LogP contribution in [-0.2, 0) is 19.1 Å². The van der Waals surface area contributed by atoms with Crippen LogP contribution in [0.25, 0.3) is 0 Å². The molecule has 1 saturated heterocycles. The van der Waals surface area contributed by atoms with E-state index in [4.69, 9.17) is 9.47 Å². The lowest BCUT2D eigenvalue weighted by Gasteiger charge is -2.33. The van der Waals surface area contributed by atoms with Crippen LogP contribution in [0.4, 0.5) is 5.69 Å². The summed E-state index contributed by atoms with van der Waals surface area (Å²) in [6.07, 6.45) is 4.11. The minimum atomic E-state index is -0.576. The second-order valence-corrected chi connectivity index (χ2v) is 6.82. The van der Waals surface area contributed by atoms with Gasteiger partial charge in [-0.3, -0.25) is 9.59 Å². The van der Waals surface area contributed by atoms with Crippen LogP contribution in [0.2, 0.25) is 0 Å². The molecule has 0 saturated carbocycles. The van der Waals surface area contributed by atoms with Crippen LogP contribution in [0, 0.1) is 5.92 Å². The second-order valence-electron chi connectivity index (χ2n) is 6.82. The number of benzene rings is 1. The largest absolute Gasteiger partial charge is 0.394 e. The summed E-state index contributed by atoms with van der Waals surface area (Å²) in [6, 6.07) is 8.80. The Morgan fingerprint density at radius 2 is 1.85 bits per heavy atom. The van der Waals surface area contributed by atoms with Gasteiger partial charge in [0.15, 0.2) is 0 Å². The molecule has 0 aromatic heterocycles. The Hall–Kier alpha value is -2.22. The first kappa shape index (κ1) is 19.5. The summed E-state index contributed by atoms with van der Waals surface area (Å²) in [5.41, 5.74) is 0.725. The Balaban J connectivity index is 1.52. The molecule has 3 N–H and O–H groups in total. The number of aliphatic hydroxyl groups is 1. The fourth-order valence-electron chi connectivity index (χ4n) is 3.29. The maximum absolute atomic E-state index is 12.4. The molecule has 7 heteroatoms. The average Bonchev–Trinajstić information content (AvgIpc) is 2.70. The predicted molar refractivity (Wildman–Crippen MR) is 100 cm³/mol. The molecule has 146 valence electrons. The number of nitrogens with one attached hydrogen (secondary N) is 2. The number of ether oxygens (including phenoxy) is 2. The number of carbonyl (C=O) groups is 2. The van der Waals surface area contributed by atoms with Gasteiger partial charge in [-0.25, -0.2) is 0 Å². The number of rotatable bonds is 6. The summed E-state index contributed by atoms with van der Waals surface area (Å²) in [6.45, 7) is 0.952. The number of aliphatic hydroxyl groups excluding tert-OH is 1. The Morgan fingerprint density at radius 3 is 2.56 bits per heavy atom. The molecule has 1 aromatic carbocycles. The Bertz CT molecular complexity index is 658. The Morgan fingerprint density at radius 1 is 1.11 bits per heavy atom. The Labute approximate surface area is 158 Å². The van der Waals surface area contributed by atoms with E-state index in [0.717, 1.165) is 5.69 Å². The van der Waals surface area contributed by atoms with E-state index in [9.17, 15) is 14.7 Å². The van der Waals surface area contributed by atoms with Gasteiger partial charge >= 0.3 is 0 Å². The van der Waals surface area contributed by atoms with Crippen LogP contribution < -0.4 is 10.6 Å². The molecule has 3 atom stereocenters. The van der Waals surface area contributed by atoms with Gasteiger partial charge in [-0.05, 0) is 25.0 Å². The van der Waals surface area contributed by atoms with Crippen molar-refractivity contribution in [3.63, 3.8) is 0 Å². The Kier molecular flexibility index (Phi) is 6.98. The lowest BCUT2D eigenvalue weighted by Crippen LogP contribution is -2.50. The molecular formula is C20H26N2O5. The van der Waals surface area contributed by atoms with E-state index in [1.54, 1.807) is 6.08 Å². The molecule has 7 nitrogen and oxygen atoms in total. The zero-order valence-corrected chi connectivity index (χ0v) is 15.2. The molecule has 1 fully saturated rings. The van der Waals surface area contributed by atoms with Gasteiger partial charge in [0.25, 0.3) is 0 Å². The quantitative estimate of drug-likeness (QED) is 0.651. The van der Waals surface area contributed by atoms with Crippen molar-refractivity contribution in [3.8, 4) is 0 Å². The molecule has 27 heavy (non-hydrogen) atoms. The van der Waals surface area contributed by atoms with Crippen LogP contribution >= 0.6 is 0 Å². The van der Waals surface area contributed by atoms with Crippen molar-refractivity contribution < 1.29 is 24.2 Å². The van der Waals surface area contributed by atoms with Gasteiger partial charge in [-0.2, -0.15) is 0 Å². The molecule has 2 amide bonds.